The highest BCUT2D eigenvalue weighted by molar-refractivity contribution is 7.80. The number of rotatable bonds is 1. The third-order valence-electron chi connectivity index (χ3n) is 4.20. The number of fused-ring (bicyclic) bond motifs is 1. The Kier molecular flexibility index (Phi) is 3.93. The maximum Gasteiger partial charge on any atom is 0.177 e. The second-order valence-electron chi connectivity index (χ2n) is 5.56. The fourth-order valence-electron chi connectivity index (χ4n) is 2.81. The Morgan fingerprint density at radius 3 is 2.76 bits per heavy atom. The molecule has 0 fully saturated rings. The van der Waals surface area contributed by atoms with Crippen LogP contribution in [0, 0.1) is 13.8 Å². The van der Waals surface area contributed by atoms with Gasteiger partial charge in [-0.2, -0.15) is 0 Å². The Morgan fingerprint density at radius 1 is 1.10 bits per heavy atom. The molecule has 2 aromatic carbocycles. The van der Waals surface area contributed by atoms with Crippen LogP contribution in [0.25, 0.3) is 0 Å². The van der Waals surface area contributed by atoms with Crippen molar-refractivity contribution in [3.63, 3.8) is 0 Å². The van der Waals surface area contributed by atoms with Crippen LogP contribution in [0.4, 0.5) is 11.4 Å². The monoisotopic (exact) mass is 296 g/mol. The van der Waals surface area contributed by atoms with Crippen LogP contribution in [0.15, 0.2) is 42.5 Å². The van der Waals surface area contributed by atoms with Crippen LogP contribution < -0.4 is 10.2 Å². The molecule has 108 valence electrons. The number of aryl methyl sites for hydroxylation is 2. The zero-order valence-electron chi connectivity index (χ0n) is 12.5. The van der Waals surface area contributed by atoms with E-state index in [4.69, 9.17) is 12.2 Å². The standard InChI is InChI=1S/C18H20N2S/c1-13-7-5-10-16(14(13)2)19-18(21)20-12-6-9-15-8-3-4-11-17(15)20/h3-5,7-8,10-11H,6,9,12H2,1-2H3,(H,19,21). The van der Waals surface area contributed by atoms with Gasteiger partial charge in [-0.25, -0.2) is 0 Å². The maximum atomic E-state index is 5.65. The highest BCUT2D eigenvalue weighted by atomic mass is 32.1. The van der Waals surface area contributed by atoms with Crippen LogP contribution in [0.1, 0.15) is 23.1 Å². The number of anilines is 2. The second kappa shape index (κ2) is 5.86. The van der Waals surface area contributed by atoms with Gasteiger partial charge in [0.05, 0.1) is 0 Å². The minimum absolute atomic E-state index is 0.788. The molecule has 2 nitrogen and oxygen atoms in total. The number of hydrogen-bond donors (Lipinski definition) is 1. The van der Waals surface area contributed by atoms with E-state index in [0.29, 0.717) is 0 Å². The van der Waals surface area contributed by atoms with Crippen molar-refractivity contribution in [3.8, 4) is 0 Å². The molecule has 21 heavy (non-hydrogen) atoms. The first kappa shape index (κ1) is 14.1. The van der Waals surface area contributed by atoms with Gasteiger partial charge in [-0.05, 0) is 67.7 Å². The average molecular weight is 296 g/mol. The summed E-state index contributed by atoms with van der Waals surface area (Å²) < 4.78 is 0. The summed E-state index contributed by atoms with van der Waals surface area (Å²) in [6.45, 7) is 5.23. The molecule has 0 atom stereocenters. The minimum atomic E-state index is 0.788. The molecule has 0 spiro atoms. The van der Waals surface area contributed by atoms with Crippen LogP contribution in [0.2, 0.25) is 0 Å². The number of benzene rings is 2. The normalized spacial score (nSPS) is 13.7. The van der Waals surface area contributed by atoms with Crippen LogP contribution in [0.3, 0.4) is 0 Å². The third-order valence-corrected chi connectivity index (χ3v) is 4.52. The van der Waals surface area contributed by atoms with Gasteiger partial charge in [0.2, 0.25) is 0 Å². The lowest BCUT2D eigenvalue weighted by molar-refractivity contribution is 0.780. The van der Waals surface area contributed by atoms with Crippen LogP contribution >= 0.6 is 12.2 Å². The minimum Gasteiger partial charge on any atom is -0.332 e. The molecule has 1 N–H and O–H groups in total. The first-order chi connectivity index (χ1) is 10.2. The summed E-state index contributed by atoms with van der Waals surface area (Å²) in [4.78, 5) is 2.22. The van der Waals surface area contributed by atoms with E-state index in [9.17, 15) is 0 Å². The van der Waals surface area contributed by atoms with E-state index in [1.807, 2.05) is 0 Å². The quantitative estimate of drug-likeness (QED) is 0.783. The van der Waals surface area contributed by atoms with E-state index in [1.54, 1.807) is 0 Å². The topological polar surface area (TPSA) is 15.3 Å². The number of para-hydroxylation sites is 1. The molecule has 0 radical (unpaired) electrons. The molecule has 1 aliphatic rings. The molecule has 3 rings (SSSR count). The molecule has 0 bridgehead atoms. The number of nitrogens with zero attached hydrogens (tertiary/aromatic N) is 1. The predicted molar refractivity (Wildman–Crippen MR) is 94.2 cm³/mol. The first-order valence-electron chi connectivity index (χ1n) is 7.39. The van der Waals surface area contributed by atoms with Crippen molar-refractivity contribution in [2.45, 2.75) is 26.7 Å². The van der Waals surface area contributed by atoms with E-state index in [2.05, 4.69) is 66.5 Å². The van der Waals surface area contributed by atoms with Crippen molar-refractivity contribution < 1.29 is 0 Å². The largest absolute Gasteiger partial charge is 0.332 e. The fourth-order valence-corrected chi connectivity index (χ4v) is 3.11. The average Bonchev–Trinajstić information content (AvgIpc) is 2.51. The van der Waals surface area contributed by atoms with E-state index in [0.717, 1.165) is 30.2 Å². The van der Waals surface area contributed by atoms with Crippen molar-refractivity contribution in [2.24, 2.45) is 0 Å². The molecular weight excluding hydrogens is 276 g/mol. The highest BCUT2D eigenvalue weighted by Crippen LogP contribution is 2.28. The fraction of sp³-hybridized carbons (Fsp3) is 0.278. The van der Waals surface area contributed by atoms with Gasteiger partial charge in [0.15, 0.2) is 5.11 Å². The Hall–Kier alpha value is -1.87. The van der Waals surface area contributed by atoms with Crippen molar-refractivity contribution >= 4 is 28.7 Å². The lowest BCUT2D eigenvalue weighted by Gasteiger charge is -2.32. The molecule has 1 aliphatic heterocycles. The van der Waals surface area contributed by atoms with E-state index in [1.165, 1.54) is 22.4 Å². The summed E-state index contributed by atoms with van der Waals surface area (Å²) in [5, 5.41) is 4.21. The van der Waals surface area contributed by atoms with Gasteiger partial charge in [0.25, 0.3) is 0 Å². The van der Waals surface area contributed by atoms with Crippen molar-refractivity contribution in [3.05, 3.63) is 59.2 Å². The zero-order valence-corrected chi connectivity index (χ0v) is 13.3. The molecule has 0 aliphatic carbocycles. The zero-order chi connectivity index (χ0) is 14.8. The van der Waals surface area contributed by atoms with E-state index in [-0.39, 0.29) is 0 Å². The summed E-state index contributed by atoms with van der Waals surface area (Å²) in [6, 6.07) is 14.8. The van der Waals surface area contributed by atoms with Gasteiger partial charge in [0, 0.05) is 17.9 Å². The SMILES string of the molecule is Cc1cccc(NC(=S)N2CCCc3ccccc32)c1C. The van der Waals surface area contributed by atoms with Gasteiger partial charge < -0.3 is 10.2 Å². The molecular formula is C18H20N2S. The van der Waals surface area contributed by atoms with Gasteiger partial charge in [0.1, 0.15) is 0 Å². The summed E-state index contributed by atoms with van der Waals surface area (Å²) in [5.41, 5.74) is 6.26. The molecule has 0 saturated heterocycles. The Balaban J connectivity index is 1.85. The second-order valence-corrected chi connectivity index (χ2v) is 5.95. The molecule has 0 amide bonds. The summed E-state index contributed by atoms with van der Waals surface area (Å²) in [5.74, 6) is 0. The number of hydrogen-bond acceptors (Lipinski definition) is 1. The molecule has 0 unspecified atom stereocenters. The van der Waals surface area contributed by atoms with Crippen molar-refractivity contribution in [1.82, 2.24) is 0 Å². The Labute approximate surface area is 131 Å². The molecule has 1 heterocycles. The summed E-state index contributed by atoms with van der Waals surface area (Å²) >= 11 is 5.65. The predicted octanol–water partition coefficient (Wildman–Crippen LogP) is 4.45. The molecule has 2 aromatic rings. The lowest BCUT2D eigenvalue weighted by atomic mass is 10.0. The number of thiocarbonyl (C=S) groups is 1. The Bertz CT molecular complexity index is 679. The highest BCUT2D eigenvalue weighted by Gasteiger charge is 2.19. The van der Waals surface area contributed by atoms with E-state index >= 15 is 0 Å². The van der Waals surface area contributed by atoms with E-state index < -0.39 is 0 Å². The van der Waals surface area contributed by atoms with Gasteiger partial charge >= 0.3 is 0 Å². The van der Waals surface area contributed by atoms with Gasteiger partial charge in [-0.3, -0.25) is 0 Å². The van der Waals surface area contributed by atoms with Gasteiger partial charge in [-0.15, -0.1) is 0 Å². The van der Waals surface area contributed by atoms with Crippen LogP contribution in [0.5, 0.6) is 0 Å². The molecule has 3 heteroatoms. The lowest BCUT2D eigenvalue weighted by Crippen LogP contribution is -2.38. The van der Waals surface area contributed by atoms with Crippen molar-refractivity contribution in [1.29, 1.82) is 0 Å². The third kappa shape index (κ3) is 2.79. The maximum absolute atomic E-state index is 5.65. The Morgan fingerprint density at radius 2 is 1.90 bits per heavy atom. The molecule has 0 saturated carbocycles. The summed E-state index contributed by atoms with van der Waals surface area (Å²) in [7, 11) is 0. The van der Waals surface area contributed by atoms with Crippen molar-refractivity contribution in [2.75, 3.05) is 16.8 Å². The van der Waals surface area contributed by atoms with Crippen LogP contribution in [-0.2, 0) is 6.42 Å². The summed E-state index contributed by atoms with van der Waals surface area (Å²) in [6.07, 6.45) is 2.28. The van der Waals surface area contributed by atoms with Crippen LogP contribution in [-0.4, -0.2) is 11.7 Å². The first-order valence-corrected chi connectivity index (χ1v) is 7.80. The molecule has 0 aromatic heterocycles. The van der Waals surface area contributed by atoms with Gasteiger partial charge in [-0.1, -0.05) is 30.3 Å². The number of nitrogens with one attached hydrogen (secondary N) is 1. The smallest absolute Gasteiger partial charge is 0.177 e.